The minimum atomic E-state index is -0.127. The summed E-state index contributed by atoms with van der Waals surface area (Å²) in [6.07, 6.45) is 1.98. The van der Waals surface area contributed by atoms with E-state index in [1.807, 2.05) is 18.2 Å². The van der Waals surface area contributed by atoms with Crippen LogP contribution in [-0.4, -0.2) is 13.2 Å². The molecule has 4 heteroatoms. The van der Waals surface area contributed by atoms with E-state index >= 15 is 0 Å². The molecule has 0 bridgehead atoms. The number of fused-ring (bicyclic) bond motifs is 1. The Bertz CT molecular complexity index is 536. The van der Waals surface area contributed by atoms with Gasteiger partial charge in [0.05, 0.1) is 6.10 Å². The number of nitrogens with one attached hydrogen (secondary N) is 1. The Balaban J connectivity index is 2.34. The fourth-order valence-electron chi connectivity index (χ4n) is 2.41. The number of nitrogens with two attached hydrogens (primary N) is 1. The smallest absolute Gasteiger partial charge is 0.134 e. The van der Waals surface area contributed by atoms with Crippen molar-refractivity contribution in [3.63, 3.8) is 0 Å². The molecule has 2 rings (SSSR count). The zero-order valence-corrected chi connectivity index (χ0v) is 11.8. The van der Waals surface area contributed by atoms with Crippen LogP contribution in [-0.2, 0) is 4.74 Å². The van der Waals surface area contributed by atoms with Crippen LogP contribution >= 0.6 is 0 Å². The van der Waals surface area contributed by atoms with Crippen LogP contribution in [0.1, 0.15) is 37.1 Å². The van der Waals surface area contributed by atoms with Crippen molar-refractivity contribution >= 4 is 11.0 Å². The number of ether oxygens (including phenoxy) is 1. The molecule has 19 heavy (non-hydrogen) atoms. The third-order valence-electron chi connectivity index (χ3n) is 3.42. The van der Waals surface area contributed by atoms with Crippen LogP contribution in [0.5, 0.6) is 0 Å². The normalized spacial score (nSPS) is 14.7. The lowest BCUT2D eigenvalue weighted by atomic mass is 10.0. The van der Waals surface area contributed by atoms with Crippen molar-refractivity contribution in [1.82, 2.24) is 5.43 Å². The van der Waals surface area contributed by atoms with Gasteiger partial charge < -0.3 is 9.15 Å². The van der Waals surface area contributed by atoms with Crippen LogP contribution in [0, 0.1) is 6.92 Å². The average molecular weight is 262 g/mol. The van der Waals surface area contributed by atoms with Crippen LogP contribution in [0.25, 0.3) is 11.0 Å². The monoisotopic (exact) mass is 262 g/mol. The van der Waals surface area contributed by atoms with Crippen molar-refractivity contribution < 1.29 is 9.15 Å². The maximum atomic E-state index is 5.88. The summed E-state index contributed by atoms with van der Waals surface area (Å²) in [5.41, 5.74) is 4.91. The zero-order valence-electron chi connectivity index (χ0n) is 11.8. The maximum Gasteiger partial charge on any atom is 0.134 e. The molecule has 2 unspecified atom stereocenters. The lowest BCUT2D eigenvalue weighted by Crippen LogP contribution is -2.37. The van der Waals surface area contributed by atoms with Crippen molar-refractivity contribution in [2.24, 2.45) is 5.84 Å². The summed E-state index contributed by atoms with van der Waals surface area (Å²) in [6, 6.07) is 8.05. The number of hydrogen-bond donors (Lipinski definition) is 2. The lowest BCUT2D eigenvalue weighted by Gasteiger charge is -2.23. The highest BCUT2D eigenvalue weighted by atomic mass is 16.5. The van der Waals surface area contributed by atoms with Crippen molar-refractivity contribution in [1.29, 1.82) is 0 Å². The number of hydrogen-bond acceptors (Lipinski definition) is 4. The van der Waals surface area contributed by atoms with Gasteiger partial charge in [-0.2, -0.15) is 0 Å². The highest BCUT2D eigenvalue weighted by Gasteiger charge is 2.24. The third kappa shape index (κ3) is 2.97. The zero-order chi connectivity index (χ0) is 13.8. The molecule has 0 spiro atoms. The molecule has 0 aliphatic heterocycles. The second kappa shape index (κ2) is 6.19. The van der Waals surface area contributed by atoms with Crippen LogP contribution < -0.4 is 11.3 Å². The van der Waals surface area contributed by atoms with E-state index in [9.17, 15) is 0 Å². The van der Waals surface area contributed by atoms with E-state index in [4.69, 9.17) is 15.0 Å². The minimum Gasteiger partial charge on any atom is -0.459 e. The van der Waals surface area contributed by atoms with E-state index < -0.39 is 0 Å². The number of benzene rings is 1. The first-order chi connectivity index (χ1) is 9.19. The molecule has 104 valence electrons. The summed E-state index contributed by atoms with van der Waals surface area (Å²) in [6.45, 7) is 4.20. The van der Waals surface area contributed by atoms with Crippen LogP contribution in [0.3, 0.4) is 0 Å². The summed E-state index contributed by atoms with van der Waals surface area (Å²) >= 11 is 0. The van der Waals surface area contributed by atoms with Crippen molar-refractivity contribution in [2.45, 2.75) is 38.8 Å². The third-order valence-corrected chi connectivity index (χ3v) is 3.42. The Morgan fingerprint density at radius 1 is 1.37 bits per heavy atom. The molecule has 2 aromatic rings. The summed E-state index contributed by atoms with van der Waals surface area (Å²) < 4.78 is 11.4. The van der Waals surface area contributed by atoms with E-state index in [0.29, 0.717) is 0 Å². The molecule has 0 amide bonds. The van der Waals surface area contributed by atoms with Crippen molar-refractivity contribution in [3.8, 4) is 0 Å². The standard InChI is InChI=1S/C15H22N2O2/c1-4-5-13(18-3)15(17-16)14-9-11-8-10(2)6-7-12(11)19-14/h6-9,13,15,17H,4-5,16H2,1-3H3. The Morgan fingerprint density at radius 3 is 2.79 bits per heavy atom. The molecule has 0 saturated heterocycles. The van der Waals surface area contributed by atoms with E-state index in [1.165, 1.54) is 5.56 Å². The second-order valence-electron chi connectivity index (χ2n) is 4.90. The number of methoxy groups -OCH3 is 1. The molecule has 0 fully saturated rings. The van der Waals surface area contributed by atoms with Gasteiger partial charge in [-0.3, -0.25) is 5.84 Å². The first-order valence-corrected chi connectivity index (χ1v) is 6.68. The molecule has 0 radical (unpaired) electrons. The number of furan rings is 1. The fourth-order valence-corrected chi connectivity index (χ4v) is 2.41. The highest BCUT2D eigenvalue weighted by molar-refractivity contribution is 5.78. The molecule has 3 N–H and O–H groups in total. The molecule has 4 nitrogen and oxygen atoms in total. The summed E-state index contributed by atoms with van der Waals surface area (Å²) in [5.74, 6) is 6.50. The van der Waals surface area contributed by atoms with Crippen molar-refractivity contribution in [2.75, 3.05) is 7.11 Å². The first-order valence-electron chi connectivity index (χ1n) is 6.68. The molecular formula is C15H22N2O2. The van der Waals surface area contributed by atoms with Gasteiger partial charge in [-0.25, -0.2) is 5.43 Å². The summed E-state index contributed by atoms with van der Waals surface area (Å²) in [7, 11) is 1.71. The van der Waals surface area contributed by atoms with E-state index in [0.717, 1.165) is 29.6 Å². The largest absolute Gasteiger partial charge is 0.459 e. The van der Waals surface area contributed by atoms with Crippen LogP contribution in [0.4, 0.5) is 0 Å². The minimum absolute atomic E-state index is 0.0108. The van der Waals surface area contributed by atoms with E-state index in [2.05, 4.69) is 25.3 Å². The molecule has 1 aromatic carbocycles. The lowest BCUT2D eigenvalue weighted by molar-refractivity contribution is 0.0542. The maximum absolute atomic E-state index is 5.88. The molecule has 2 atom stereocenters. The topological polar surface area (TPSA) is 60.4 Å². The van der Waals surface area contributed by atoms with Gasteiger partial charge in [0.1, 0.15) is 17.4 Å². The molecule has 0 saturated carbocycles. The molecular weight excluding hydrogens is 240 g/mol. The predicted octanol–water partition coefficient (Wildman–Crippen LogP) is 3.06. The van der Waals surface area contributed by atoms with Gasteiger partial charge in [0, 0.05) is 12.5 Å². The molecule has 1 heterocycles. The number of aryl methyl sites for hydroxylation is 1. The molecule has 0 aliphatic rings. The average Bonchev–Trinajstić information content (AvgIpc) is 2.81. The second-order valence-corrected chi connectivity index (χ2v) is 4.90. The summed E-state index contributed by atoms with van der Waals surface area (Å²) in [5, 5.41) is 1.10. The van der Waals surface area contributed by atoms with Gasteiger partial charge in [-0.05, 0) is 31.5 Å². The van der Waals surface area contributed by atoms with Gasteiger partial charge in [0.25, 0.3) is 0 Å². The number of hydrazine groups is 1. The van der Waals surface area contributed by atoms with Crippen LogP contribution in [0.15, 0.2) is 28.7 Å². The summed E-state index contributed by atoms with van der Waals surface area (Å²) in [4.78, 5) is 0. The van der Waals surface area contributed by atoms with Crippen LogP contribution in [0.2, 0.25) is 0 Å². The van der Waals surface area contributed by atoms with Gasteiger partial charge in [-0.15, -0.1) is 0 Å². The molecule has 0 aliphatic carbocycles. The Kier molecular flexibility index (Phi) is 4.58. The molecule has 1 aromatic heterocycles. The quantitative estimate of drug-likeness (QED) is 0.620. The fraction of sp³-hybridized carbons (Fsp3) is 0.467. The number of rotatable bonds is 6. The van der Waals surface area contributed by atoms with Gasteiger partial charge in [-0.1, -0.05) is 25.0 Å². The first kappa shape index (κ1) is 14.1. The van der Waals surface area contributed by atoms with Gasteiger partial charge in [0.2, 0.25) is 0 Å². The Morgan fingerprint density at radius 2 is 2.16 bits per heavy atom. The Labute approximate surface area is 113 Å². The van der Waals surface area contributed by atoms with E-state index in [-0.39, 0.29) is 12.1 Å². The Hall–Kier alpha value is -1.36. The van der Waals surface area contributed by atoms with Gasteiger partial charge >= 0.3 is 0 Å². The van der Waals surface area contributed by atoms with Gasteiger partial charge in [0.15, 0.2) is 0 Å². The van der Waals surface area contributed by atoms with E-state index in [1.54, 1.807) is 7.11 Å². The highest BCUT2D eigenvalue weighted by Crippen LogP contribution is 2.28. The predicted molar refractivity (Wildman–Crippen MR) is 76.7 cm³/mol. The SMILES string of the molecule is CCCC(OC)C(NN)c1cc2cc(C)ccc2o1. The van der Waals surface area contributed by atoms with Crippen molar-refractivity contribution in [3.05, 3.63) is 35.6 Å².